The van der Waals surface area contributed by atoms with Crippen molar-refractivity contribution in [2.75, 3.05) is 11.9 Å². The Labute approximate surface area is 114 Å². The largest absolute Gasteiger partial charge is 0.370 e. The molecule has 2 heterocycles. The van der Waals surface area contributed by atoms with Crippen molar-refractivity contribution >= 4 is 5.82 Å². The van der Waals surface area contributed by atoms with E-state index in [1.54, 1.807) is 6.20 Å². The maximum Gasteiger partial charge on any atom is 0.158 e. The molecule has 2 rings (SSSR count). The second-order valence-corrected chi connectivity index (χ2v) is 4.94. The van der Waals surface area contributed by atoms with Crippen LogP contribution < -0.4 is 5.32 Å². The Morgan fingerprint density at radius 3 is 2.68 bits per heavy atom. The van der Waals surface area contributed by atoms with E-state index in [9.17, 15) is 0 Å². The zero-order valence-electron chi connectivity index (χ0n) is 12.0. The molecule has 1 N–H and O–H groups in total. The molecule has 0 fully saturated rings. The van der Waals surface area contributed by atoms with Gasteiger partial charge >= 0.3 is 0 Å². The molecule has 0 saturated carbocycles. The number of rotatable bonds is 5. The molecule has 5 heteroatoms. The zero-order chi connectivity index (χ0) is 13.8. The predicted octanol–water partition coefficient (Wildman–Crippen LogP) is 2.82. The fourth-order valence-electron chi connectivity index (χ4n) is 1.79. The van der Waals surface area contributed by atoms with Crippen LogP contribution in [0.25, 0.3) is 11.5 Å². The summed E-state index contributed by atoms with van der Waals surface area (Å²) in [7, 11) is 1.97. The lowest BCUT2D eigenvalue weighted by molar-refractivity contribution is 0.771. The Morgan fingerprint density at radius 2 is 2.11 bits per heavy atom. The second-order valence-electron chi connectivity index (χ2n) is 4.94. The first kappa shape index (κ1) is 13.5. The minimum absolute atomic E-state index is 0.294. The molecule has 0 spiro atoms. The van der Waals surface area contributed by atoms with Crippen molar-refractivity contribution < 1.29 is 0 Å². The summed E-state index contributed by atoms with van der Waals surface area (Å²) in [5, 5.41) is 3.32. The van der Waals surface area contributed by atoms with Gasteiger partial charge in [0.1, 0.15) is 17.3 Å². The average Bonchev–Trinajstić information content (AvgIpc) is 2.82. The molecule has 0 aliphatic rings. The molecule has 0 aromatic carbocycles. The van der Waals surface area contributed by atoms with Gasteiger partial charge in [-0.3, -0.25) is 0 Å². The number of nitrogens with one attached hydrogen (secondary N) is 1. The third-order valence-corrected chi connectivity index (χ3v) is 2.87. The minimum Gasteiger partial charge on any atom is -0.370 e. The third kappa shape index (κ3) is 3.10. The van der Waals surface area contributed by atoms with E-state index in [-0.39, 0.29) is 0 Å². The standard InChI is InChI=1S/C14H21N5/c1-5-6-15-12-9-11(14-16-7-8-19(14)4)17-13(18-12)10(2)3/h7-10H,5-6H2,1-4H3,(H,15,17,18). The highest BCUT2D eigenvalue weighted by molar-refractivity contribution is 5.55. The van der Waals surface area contributed by atoms with Crippen LogP contribution in [0.15, 0.2) is 18.5 Å². The summed E-state index contributed by atoms with van der Waals surface area (Å²) in [6, 6.07) is 1.96. The van der Waals surface area contributed by atoms with Gasteiger partial charge in [-0.2, -0.15) is 0 Å². The van der Waals surface area contributed by atoms with Gasteiger partial charge in [0, 0.05) is 38.0 Å². The van der Waals surface area contributed by atoms with E-state index in [4.69, 9.17) is 0 Å². The Bertz CT molecular complexity index is 545. The van der Waals surface area contributed by atoms with E-state index < -0.39 is 0 Å². The third-order valence-electron chi connectivity index (χ3n) is 2.87. The Kier molecular flexibility index (Phi) is 4.14. The summed E-state index contributed by atoms with van der Waals surface area (Å²) in [5.74, 6) is 2.88. The highest BCUT2D eigenvalue weighted by Crippen LogP contribution is 2.20. The highest BCUT2D eigenvalue weighted by Gasteiger charge is 2.12. The number of hydrogen-bond acceptors (Lipinski definition) is 4. The number of nitrogens with zero attached hydrogens (tertiary/aromatic N) is 4. The number of aromatic nitrogens is 4. The molecule has 0 unspecified atom stereocenters. The van der Waals surface area contributed by atoms with Crippen LogP contribution in [0.4, 0.5) is 5.82 Å². The predicted molar refractivity (Wildman–Crippen MR) is 77.1 cm³/mol. The lowest BCUT2D eigenvalue weighted by atomic mass is 10.2. The minimum atomic E-state index is 0.294. The van der Waals surface area contributed by atoms with Crippen molar-refractivity contribution in [1.29, 1.82) is 0 Å². The van der Waals surface area contributed by atoms with E-state index in [1.807, 2.05) is 23.9 Å². The summed E-state index contributed by atoms with van der Waals surface area (Å²) in [6.07, 6.45) is 4.77. The Hall–Kier alpha value is -1.91. The van der Waals surface area contributed by atoms with Gasteiger partial charge in [-0.25, -0.2) is 15.0 Å². The van der Waals surface area contributed by atoms with Crippen LogP contribution in [-0.4, -0.2) is 26.1 Å². The zero-order valence-corrected chi connectivity index (χ0v) is 12.0. The molecule has 0 aliphatic carbocycles. The quantitative estimate of drug-likeness (QED) is 0.897. The number of hydrogen-bond donors (Lipinski definition) is 1. The summed E-state index contributed by atoms with van der Waals surface area (Å²) < 4.78 is 1.97. The maximum absolute atomic E-state index is 4.61. The van der Waals surface area contributed by atoms with Crippen LogP contribution in [0.1, 0.15) is 38.9 Å². The molecule has 0 radical (unpaired) electrons. The molecule has 102 valence electrons. The van der Waals surface area contributed by atoms with Gasteiger partial charge in [0.2, 0.25) is 0 Å². The molecule has 0 aliphatic heterocycles. The molecule has 2 aromatic heterocycles. The van der Waals surface area contributed by atoms with Crippen LogP contribution >= 0.6 is 0 Å². The Morgan fingerprint density at radius 1 is 1.32 bits per heavy atom. The van der Waals surface area contributed by atoms with Gasteiger partial charge in [-0.05, 0) is 6.42 Å². The van der Waals surface area contributed by atoms with Crippen LogP contribution in [0.2, 0.25) is 0 Å². The van der Waals surface area contributed by atoms with E-state index in [0.717, 1.165) is 36.1 Å². The Balaban J connectivity index is 2.42. The molecule has 0 bridgehead atoms. The van der Waals surface area contributed by atoms with Crippen LogP contribution in [-0.2, 0) is 7.05 Å². The fourth-order valence-corrected chi connectivity index (χ4v) is 1.79. The monoisotopic (exact) mass is 259 g/mol. The molecule has 0 amide bonds. The van der Waals surface area contributed by atoms with Crippen molar-refractivity contribution in [2.24, 2.45) is 7.05 Å². The number of aryl methyl sites for hydroxylation is 1. The van der Waals surface area contributed by atoms with Gasteiger partial charge in [-0.15, -0.1) is 0 Å². The lowest BCUT2D eigenvalue weighted by Gasteiger charge is -2.11. The van der Waals surface area contributed by atoms with E-state index >= 15 is 0 Å². The topological polar surface area (TPSA) is 55.6 Å². The van der Waals surface area contributed by atoms with Crippen molar-refractivity contribution in [1.82, 2.24) is 19.5 Å². The smallest absolute Gasteiger partial charge is 0.158 e. The second kappa shape index (κ2) is 5.82. The molecule has 0 atom stereocenters. The van der Waals surface area contributed by atoms with Crippen LogP contribution in [0.5, 0.6) is 0 Å². The van der Waals surface area contributed by atoms with Gasteiger partial charge in [0.05, 0.1) is 0 Å². The number of anilines is 1. The lowest BCUT2D eigenvalue weighted by Crippen LogP contribution is -2.08. The van der Waals surface area contributed by atoms with Crippen LogP contribution in [0, 0.1) is 0 Å². The van der Waals surface area contributed by atoms with Gasteiger partial charge in [-0.1, -0.05) is 20.8 Å². The molecule has 2 aromatic rings. The first-order valence-corrected chi connectivity index (χ1v) is 6.72. The first-order chi connectivity index (χ1) is 9.11. The molecular formula is C14H21N5. The van der Waals surface area contributed by atoms with Crippen molar-refractivity contribution in [3.05, 3.63) is 24.3 Å². The molecular weight excluding hydrogens is 238 g/mol. The van der Waals surface area contributed by atoms with Crippen molar-refractivity contribution in [2.45, 2.75) is 33.1 Å². The summed E-state index contributed by atoms with van der Waals surface area (Å²) >= 11 is 0. The average molecular weight is 259 g/mol. The number of imidazole rings is 1. The van der Waals surface area contributed by atoms with E-state index in [1.165, 1.54) is 0 Å². The van der Waals surface area contributed by atoms with Crippen molar-refractivity contribution in [3.8, 4) is 11.5 Å². The highest BCUT2D eigenvalue weighted by atomic mass is 15.1. The van der Waals surface area contributed by atoms with E-state index in [2.05, 4.69) is 41.0 Å². The fraction of sp³-hybridized carbons (Fsp3) is 0.500. The SMILES string of the molecule is CCCNc1cc(-c2nccn2C)nc(C(C)C)n1. The van der Waals surface area contributed by atoms with Gasteiger partial charge in [0.25, 0.3) is 0 Å². The maximum atomic E-state index is 4.61. The normalized spacial score (nSPS) is 11.0. The van der Waals surface area contributed by atoms with Gasteiger partial charge < -0.3 is 9.88 Å². The van der Waals surface area contributed by atoms with Gasteiger partial charge in [0.15, 0.2) is 5.82 Å². The van der Waals surface area contributed by atoms with Crippen molar-refractivity contribution in [3.63, 3.8) is 0 Å². The molecule has 19 heavy (non-hydrogen) atoms. The summed E-state index contributed by atoms with van der Waals surface area (Å²) in [6.45, 7) is 7.24. The van der Waals surface area contributed by atoms with Crippen LogP contribution in [0.3, 0.4) is 0 Å². The van der Waals surface area contributed by atoms with E-state index in [0.29, 0.717) is 5.92 Å². The molecule has 0 saturated heterocycles. The first-order valence-electron chi connectivity index (χ1n) is 6.72. The summed E-state index contributed by atoms with van der Waals surface area (Å²) in [4.78, 5) is 13.5. The summed E-state index contributed by atoms with van der Waals surface area (Å²) in [5.41, 5.74) is 0.866. The molecule has 5 nitrogen and oxygen atoms in total.